The van der Waals surface area contributed by atoms with Crippen LogP contribution in [0.5, 0.6) is 0 Å². The van der Waals surface area contributed by atoms with Gasteiger partial charge in [0.05, 0.1) is 11.4 Å². The summed E-state index contributed by atoms with van der Waals surface area (Å²) in [6.07, 6.45) is 8.01. The summed E-state index contributed by atoms with van der Waals surface area (Å²) in [6, 6.07) is 2.72. The summed E-state index contributed by atoms with van der Waals surface area (Å²) < 4.78 is 12.8. The van der Waals surface area contributed by atoms with Crippen molar-refractivity contribution in [2.24, 2.45) is 0 Å². The van der Waals surface area contributed by atoms with Gasteiger partial charge in [0.1, 0.15) is 5.82 Å². The van der Waals surface area contributed by atoms with E-state index in [1.807, 2.05) is 6.08 Å². The average Bonchev–Trinajstić information content (AvgIpc) is 2.19. The van der Waals surface area contributed by atoms with Crippen molar-refractivity contribution < 1.29 is 4.39 Å². The third-order valence-corrected chi connectivity index (χ3v) is 1.74. The first-order valence-corrected chi connectivity index (χ1v) is 4.00. The van der Waals surface area contributed by atoms with E-state index in [-0.39, 0.29) is 5.82 Å². The number of hydrogen-bond acceptors (Lipinski definition) is 2. The van der Waals surface area contributed by atoms with Crippen molar-refractivity contribution in [1.29, 1.82) is 0 Å². The number of nitrogens with one attached hydrogen (secondary N) is 1. The molecule has 0 aliphatic carbocycles. The van der Waals surface area contributed by atoms with Crippen LogP contribution in [0.2, 0.25) is 0 Å². The van der Waals surface area contributed by atoms with E-state index in [4.69, 9.17) is 0 Å². The third kappa shape index (κ3) is 1.75. The maximum absolute atomic E-state index is 12.8. The second-order valence-electron chi connectivity index (χ2n) is 2.67. The molecule has 1 aromatic heterocycles. The average molecular weight is 175 g/mol. The van der Waals surface area contributed by atoms with Gasteiger partial charge in [-0.1, -0.05) is 6.08 Å². The molecule has 1 aliphatic rings. The minimum Gasteiger partial charge on any atom is -0.380 e. The molecule has 0 bridgehead atoms. The highest BCUT2D eigenvalue weighted by Crippen LogP contribution is 2.11. The Morgan fingerprint density at radius 3 is 3.15 bits per heavy atom. The van der Waals surface area contributed by atoms with Crippen molar-refractivity contribution in [3.8, 4) is 0 Å². The molecule has 2 nitrogen and oxygen atoms in total. The first-order chi connectivity index (χ1) is 6.36. The molecule has 3 heteroatoms. The zero-order valence-corrected chi connectivity index (χ0v) is 6.92. The summed E-state index contributed by atoms with van der Waals surface area (Å²) in [4.78, 5) is 4.04. The number of aromatic nitrogens is 1. The van der Waals surface area contributed by atoms with Crippen molar-refractivity contribution in [3.05, 3.63) is 48.1 Å². The SMILES string of the molecule is Fc1ccnc(C2=C[C]=CCN2)c1. The lowest BCUT2D eigenvalue weighted by atomic mass is 10.2. The predicted octanol–water partition coefficient (Wildman–Crippen LogP) is 1.52. The summed E-state index contributed by atoms with van der Waals surface area (Å²) in [5.74, 6) is -0.276. The van der Waals surface area contributed by atoms with Crippen LogP contribution in [0.1, 0.15) is 5.69 Å². The van der Waals surface area contributed by atoms with Crippen LogP contribution in [-0.4, -0.2) is 11.5 Å². The molecule has 2 rings (SSSR count). The molecule has 0 spiro atoms. The fraction of sp³-hybridized carbons (Fsp3) is 0.100. The van der Waals surface area contributed by atoms with Gasteiger partial charge >= 0.3 is 0 Å². The van der Waals surface area contributed by atoms with E-state index in [1.165, 1.54) is 18.3 Å². The van der Waals surface area contributed by atoms with Crippen LogP contribution in [0.25, 0.3) is 5.70 Å². The number of hydrogen-bond donors (Lipinski definition) is 1. The van der Waals surface area contributed by atoms with Gasteiger partial charge in [-0.15, -0.1) is 0 Å². The quantitative estimate of drug-likeness (QED) is 0.700. The third-order valence-electron chi connectivity index (χ3n) is 1.74. The molecular formula is C10H8FN2. The summed E-state index contributed by atoms with van der Waals surface area (Å²) in [6.45, 7) is 0.712. The Morgan fingerprint density at radius 2 is 2.46 bits per heavy atom. The van der Waals surface area contributed by atoms with Crippen LogP contribution in [0.15, 0.2) is 30.5 Å². The van der Waals surface area contributed by atoms with Gasteiger partial charge in [0.15, 0.2) is 0 Å². The molecule has 1 aromatic rings. The first-order valence-electron chi connectivity index (χ1n) is 4.00. The highest BCUT2D eigenvalue weighted by atomic mass is 19.1. The van der Waals surface area contributed by atoms with E-state index in [0.717, 1.165) is 5.70 Å². The van der Waals surface area contributed by atoms with Gasteiger partial charge in [-0.2, -0.15) is 0 Å². The van der Waals surface area contributed by atoms with Crippen LogP contribution >= 0.6 is 0 Å². The lowest BCUT2D eigenvalue weighted by Gasteiger charge is -2.10. The van der Waals surface area contributed by atoms with Gasteiger partial charge in [-0.3, -0.25) is 4.98 Å². The van der Waals surface area contributed by atoms with Crippen LogP contribution in [0.3, 0.4) is 0 Å². The zero-order valence-electron chi connectivity index (χ0n) is 6.92. The molecule has 0 saturated heterocycles. The Hall–Kier alpha value is -1.64. The molecule has 2 heterocycles. The van der Waals surface area contributed by atoms with Crippen molar-refractivity contribution in [1.82, 2.24) is 10.3 Å². The number of allylic oxidation sites excluding steroid dienone is 2. The van der Waals surface area contributed by atoms with Crippen molar-refractivity contribution in [2.45, 2.75) is 0 Å². The Morgan fingerprint density at radius 1 is 1.54 bits per heavy atom. The summed E-state index contributed by atoms with van der Waals surface area (Å²) in [7, 11) is 0. The largest absolute Gasteiger partial charge is 0.380 e. The Balaban J connectivity index is 2.34. The molecule has 0 unspecified atom stereocenters. The van der Waals surface area contributed by atoms with Gasteiger partial charge in [0, 0.05) is 18.8 Å². The maximum Gasteiger partial charge on any atom is 0.126 e. The minimum atomic E-state index is -0.276. The maximum atomic E-state index is 12.8. The van der Waals surface area contributed by atoms with Gasteiger partial charge in [-0.25, -0.2) is 4.39 Å². The summed E-state index contributed by atoms with van der Waals surface area (Å²) in [5.41, 5.74) is 1.42. The van der Waals surface area contributed by atoms with E-state index < -0.39 is 0 Å². The Kier molecular flexibility index (Phi) is 2.08. The number of nitrogens with zero attached hydrogens (tertiary/aromatic N) is 1. The van der Waals surface area contributed by atoms with E-state index >= 15 is 0 Å². The fourth-order valence-corrected chi connectivity index (χ4v) is 1.13. The van der Waals surface area contributed by atoms with E-state index in [9.17, 15) is 4.39 Å². The number of pyridine rings is 1. The molecule has 0 atom stereocenters. The molecule has 0 saturated carbocycles. The minimum absolute atomic E-state index is 0.276. The number of dihydropyridines is 1. The van der Waals surface area contributed by atoms with Crippen LogP contribution in [0.4, 0.5) is 4.39 Å². The Bertz CT molecular complexity index is 369. The highest BCUT2D eigenvalue weighted by molar-refractivity contribution is 5.62. The second-order valence-corrected chi connectivity index (χ2v) is 2.67. The first kappa shape index (κ1) is 7.98. The van der Waals surface area contributed by atoms with Crippen LogP contribution < -0.4 is 5.32 Å². The molecule has 0 fully saturated rings. The van der Waals surface area contributed by atoms with Gasteiger partial charge in [0.25, 0.3) is 0 Å². The summed E-state index contributed by atoms with van der Waals surface area (Å²) in [5, 5.41) is 3.08. The van der Waals surface area contributed by atoms with Gasteiger partial charge in [0.2, 0.25) is 0 Å². The number of rotatable bonds is 1. The lowest BCUT2D eigenvalue weighted by molar-refractivity contribution is 0.624. The molecule has 1 aliphatic heterocycles. The Labute approximate surface area is 75.8 Å². The normalized spacial score (nSPS) is 15.0. The smallest absolute Gasteiger partial charge is 0.126 e. The van der Waals surface area contributed by atoms with Gasteiger partial charge in [-0.05, 0) is 18.2 Å². The lowest BCUT2D eigenvalue weighted by Crippen LogP contribution is -2.15. The van der Waals surface area contributed by atoms with Crippen LogP contribution in [-0.2, 0) is 0 Å². The number of halogens is 1. The predicted molar refractivity (Wildman–Crippen MR) is 48.0 cm³/mol. The molecule has 1 radical (unpaired) electrons. The van der Waals surface area contributed by atoms with Crippen molar-refractivity contribution >= 4 is 5.70 Å². The standard InChI is InChI=1S/C10H8FN2/c11-8-4-6-13-10(7-8)9-3-1-2-5-12-9/h2-4,6-7,12H,5H2. The van der Waals surface area contributed by atoms with Crippen molar-refractivity contribution in [2.75, 3.05) is 6.54 Å². The highest BCUT2D eigenvalue weighted by Gasteiger charge is 2.04. The van der Waals surface area contributed by atoms with E-state index in [2.05, 4.69) is 16.4 Å². The molecule has 1 N–H and O–H groups in total. The molecular weight excluding hydrogens is 167 g/mol. The van der Waals surface area contributed by atoms with E-state index in [1.54, 1.807) is 6.08 Å². The van der Waals surface area contributed by atoms with Crippen molar-refractivity contribution in [3.63, 3.8) is 0 Å². The molecule has 0 amide bonds. The second kappa shape index (κ2) is 3.39. The fourth-order valence-electron chi connectivity index (χ4n) is 1.13. The zero-order chi connectivity index (χ0) is 9.10. The molecule has 0 aromatic carbocycles. The van der Waals surface area contributed by atoms with Crippen LogP contribution in [0, 0.1) is 11.9 Å². The molecule has 13 heavy (non-hydrogen) atoms. The van der Waals surface area contributed by atoms with E-state index in [0.29, 0.717) is 12.2 Å². The molecule has 65 valence electrons. The summed E-state index contributed by atoms with van der Waals surface area (Å²) >= 11 is 0. The topological polar surface area (TPSA) is 24.9 Å². The monoisotopic (exact) mass is 175 g/mol. The van der Waals surface area contributed by atoms with Gasteiger partial charge < -0.3 is 5.32 Å².